The lowest BCUT2D eigenvalue weighted by molar-refractivity contribution is 0.377. The van der Waals surface area contributed by atoms with E-state index in [0.717, 1.165) is 40.7 Å². The third-order valence-electron chi connectivity index (χ3n) is 5.99. The molecule has 1 unspecified atom stereocenters. The van der Waals surface area contributed by atoms with Gasteiger partial charge in [0.2, 0.25) is 5.95 Å². The van der Waals surface area contributed by atoms with Crippen molar-refractivity contribution < 1.29 is 0 Å². The van der Waals surface area contributed by atoms with Crippen LogP contribution in [0, 0.1) is 0 Å². The molecule has 29 heavy (non-hydrogen) atoms. The average Bonchev–Trinajstić information content (AvgIpc) is 3.49. The summed E-state index contributed by atoms with van der Waals surface area (Å²) in [5.41, 5.74) is 3.50. The zero-order valence-corrected chi connectivity index (χ0v) is 15.8. The first-order chi connectivity index (χ1) is 14.3. The third-order valence-corrected chi connectivity index (χ3v) is 5.99. The van der Waals surface area contributed by atoms with Crippen molar-refractivity contribution in [2.45, 2.75) is 43.8 Å². The highest BCUT2D eigenvalue weighted by molar-refractivity contribution is 5.97. The number of hydrogen-bond acceptors (Lipinski definition) is 7. The number of aromatic amines is 1. The quantitative estimate of drug-likeness (QED) is 0.493. The molecule has 2 saturated heterocycles. The number of hydrogen-bond donors (Lipinski definition) is 3. The molecule has 1 aromatic carbocycles. The molecule has 9 nitrogen and oxygen atoms in total. The first-order valence-electron chi connectivity index (χ1n) is 10.0. The van der Waals surface area contributed by atoms with Gasteiger partial charge in [0, 0.05) is 41.5 Å². The third kappa shape index (κ3) is 2.94. The standard InChI is InChI=1S/C20H21N9/c1-6-23-29(7-1)18-5-4-15(16-10-22-27-19(16)18)17-11-21-20(28-26-17)25-14-8-12-2-3-13(9-14)24-12/h1,4-7,10-14,24H,2-3,8-9H2,(H,22,27)(H,21,25,28)/t12-,13+,14?. The monoisotopic (exact) mass is 387 g/mol. The number of nitrogens with zero attached hydrogens (tertiary/aromatic N) is 6. The minimum atomic E-state index is 0.412. The number of fused-ring (bicyclic) bond motifs is 3. The van der Waals surface area contributed by atoms with Gasteiger partial charge in [0.25, 0.3) is 0 Å². The average molecular weight is 387 g/mol. The summed E-state index contributed by atoms with van der Waals surface area (Å²) >= 11 is 0. The van der Waals surface area contributed by atoms with Crippen LogP contribution < -0.4 is 10.6 Å². The summed E-state index contributed by atoms with van der Waals surface area (Å²) in [6.07, 6.45) is 12.0. The molecular formula is C20H21N9. The van der Waals surface area contributed by atoms with Gasteiger partial charge in [0.1, 0.15) is 5.69 Å². The van der Waals surface area contributed by atoms with Crippen LogP contribution in [0.25, 0.3) is 27.8 Å². The zero-order valence-electron chi connectivity index (χ0n) is 15.8. The minimum absolute atomic E-state index is 0.412. The maximum atomic E-state index is 4.53. The fraction of sp³-hybridized carbons (Fsp3) is 0.350. The van der Waals surface area contributed by atoms with E-state index in [-0.39, 0.29) is 0 Å². The summed E-state index contributed by atoms with van der Waals surface area (Å²) in [5.74, 6) is 0.594. The lowest BCUT2D eigenvalue weighted by atomic mass is 10.0. The van der Waals surface area contributed by atoms with E-state index in [0.29, 0.717) is 24.1 Å². The van der Waals surface area contributed by atoms with Crippen LogP contribution in [0.3, 0.4) is 0 Å². The van der Waals surface area contributed by atoms with Crippen LogP contribution in [-0.2, 0) is 0 Å². The summed E-state index contributed by atoms with van der Waals surface area (Å²) in [5, 5.41) is 28.5. The second-order valence-corrected chi connectivity index (χ2v) is 7.86. The molecule has 6 rings (SSSR count). The molecule has 9 heteroatoms. The van der Waals surface area contributed by atoms with Gasteiger partial charge in [-0.2, -0.15) is 10.2 Å². The van der Waals surface area contributed by atoms with Crippen LogP contribution >= 0.6 is 0 Å². The number of nitrogens with one attached hydrogen (secondary N) is 3. The predicted molar refractivity (Wildman–Crippen MR) is 109 cm³/mol. The van der Waals surface area contributed by atoms with E-state index in [1.165, 1.54) is 12.8 Å². The summed E-state index contributed by atoms with van der Waals surface area (Å²) < 4.78 is 1.81. The highest BCUT2D eigenvalue weighted by Crippen LogP contribution is 2.30. The number of rotatable bonds is 4. The topological polar surface area (TPSA) is 109 Å². The molecule has 0 radical (unpaired) electrons. The van der Waals surface area contributed by atoms with Crippen molar-refractivity contribution in [3.8, 4) is 16.9 Å². The summed E-state index contributed by atoms with van der Waals surface area (Å²) in [6.45, 7) is 0. The van der Waals surface area contributed by atoms with Crippen molar-refractivity contribution in [1.29, 1.82) is 0 Å². The molecule has 3 atom stereocenters. The molecule has 0 spiro atoms. The van der Waals surface area contributed by atoms with E-state index >= 15 is 0 Å². The van der Waals surface area contributed by atoms with E-state index < -0.39 is 0 Å². The van der Waals surface area contributed by atoms with Crippen molar-refractivity contribution in [2.24, 2.45) is 0 Å². The Balaban J connectivity index is 1.27. The molecule has 3 N–H and O–H groups in total. The molecule has 0 amide bonds. The molecule has 2 aliphatic rings. The Bertz CT molecular complexity index is 1120. The van der Waals surface area contributed by atoms with Gasteiger partial charge in [-0.1, -0.05) is 0 Å². The molecule has 2 fully saturated rings. The summed E-state index contributed by atoms with van der Waals surface area (Å²) in [6, 6.07) is 7.57. The second-order valence-electron chi connectivity index (χ2n) is 7.86. The molecule has 2 aliphatic heterocycles. The SMILES string of the molecule is c1cnn(-c2ccc(-c3cnc(NC4C[C@H]5CC[C@@H](C4)N5)nn3)c3cn[nH]c23)c1. The van der Waals surface area contributed by atoms with Gasteiger partial charge in [0.15, 0.2) is 0 Å². The molecule has 0 aliphatic carbocycles. The molecule has 3 aromatic heterocycles. The summed E-state index contributed by atoms with van der Waals surface area (Å²) in [4.78, 5) is 4.53. The highest BCUT2D eigenvalue weighted by Gasteiger charge is 2.33. The van der Waals surface area contributed by atoms with Crippen molar-refractivity contribution in [2.75, 3.05) is 5.32 Å². The molecule has 4 aromatic rings. The Morgan fingerprint density at radius 1 is 1.07 bits per heavy atom. The van der Waals surface area contributed by atoms with E-state index in [9.17, 15) is 0 Å². The van der Waals surface area contributed by atoms with Gasteiger partial charge in [-0.3, -0.25) is 5.10 Å². The smallest absolute Gasteiger partial charge is 0.242 e. The predicted octanol–water partition coefficient (Wildman–Crippen LogP) is 2.30. The van der Waals surface area contributed by atoms with E-state index in [2.05, 4.69) is 41.1 Å². The molecule has 5 heterocycles. The van der Waals surface area contributed by atoms with Crippen molar-refractivity contribution >= 4 is 16.9 Å². The summed E-state index contributed by atoms with van der Waals surface area (Å²) in [7, 11) is 0. The van der Waals surface area contributed by atoms with E-state index in [1.54, 1.807) is 18.6 Å². The maximum absolute atomic E-state index is 4.53. The van der Waals surface area contributed by atoms with Crippen LogP contribution in [0.4, 0.5) is 5.95 Å². The lowest BCUT2D eigenvalue weighted by Crippen LogP contribution is -2.43. The molecule has 0 saturated carbocycles. The fourth-order valence-electron chi connectivity index (χ4n) is 4.67. The van der Waals surface area contributed by atoms with Gasteiger partial charge in [-0.15, -0.1) is 10.2 Å². The Morgan fingerprint density at radius 2 is 1.97 bits per heavy atom. The van der Waals surface area contributed by atoms with Gasteiger partial charge in [-0.05, 0) is 43.9 Å². The van der Waals surface area contributed by atoms with Crippen molar-refractivity contribution in [1.82, 2.24) is 40.5 Å². The van der Waals surface area contributed by atoms with Crippen molar-refractivity contribution in [3.05, 3.63) is 43.0 Å². The van der Waals surface area contributed by atoms with Gasteiger partial charge in [-0.25, -0.2) is 9.67 Å². The van der Waals surface area contributed by atoms with E-state index in [1.807, 2.05) is 29.1 Å². The zero-order chi connectivity index (χ0) is 19.2. The first kappa shape index (κ1) is 16.6. The number of benzene rings is 1. The number of aromatic nitrogens is 7. The Labute approximate surface area is 167 Å². The van der Waals surface area contributed by atoms with Gasteiger partial charge >= 0.3 is 0 Å². The Morgan fingerprint density at radius 3 is 2.72 bits per heavy atom. The van der Waals surface area contributed by atoms with Crippen LogP contribution in [0.5, 0.6) is 0 Å². The first-order valence-corrected chi connectivity index (χ1v) is 10.0. The van der Waals surface area contributed by atoms with Crippen LogP contribution in [0.1, 0.15) is 25.7 Å². The fourth-order valence-corrected chi connectivity index (χ4v) is 4.67. The van der Waals surface area contributed by atoms with Crippen LogP contribution in [0.2, 0.25) is 0 Å². The lowest BCUT2D eigenvalue weighted by Gasteiger charge is -2.29. The van der Waals surface area contributed by atoms with Crippen molar-refractivity contribution in [3.63, 3.8) is 0 Å². The molecular weight excluding hydrogens is 366 g/mol. The van der Waals surface area contributed by atoms with Crippen LogP contribution in [0.15, 0.2) is 43.0 Å². The highest BCUT2D eigenvalue weighted by atomic mass is 15.3. The minimum Gasteiger partial charge on any atom is -0.350 e. The number of piperidine rings is 1. The second kappa shape index (κ2) is 6.63. The maximum Gasteiger partial charge on any atom is 0.242 e. The molecule has 146 valence electrons. The van der Waals surface area contributed by atoms with Gasteiger partial charge in [0.05, 0.1) is 23.6 Å². The number of anilines is 1. The Kier molecular flexibility index (Phi) is 3.80. The normalized spacial score (nSPS) is 23.5. The number of H-pyrrole nitrogens is 1. The Hall–Kier alpha value is -3.33. The molecule has 2 bridgehead atoms. The van der Waals surface area contributed by atoms with Gasteiger partial charge < -0.3 is 10.6 Å². The van der Waals surface area contributed by atoms with Crippen LogP contribution in [-0.4, -0.2) is 53.3 Å². The van der Waals surface area contributed by atoms with E-state index in [4.69, 9.17) is 0 Å². The largest absolute Gasteiger partial charge is 0.350 e.